The molecule has 0 radical (unpaired) electrons. The van der Waals surface area contributed by atoms with Crippen molar-refractivity contribution in [3.63, 3.8) is 0 Å². The number of alkyl halides is 2. The van der Waals surface area contributed by atoms with Gasteiger partial charge in [-0.3, -0.25) is 4.99 Å². The molecular formula is C19H21F2N3O2. The van der Waals surface area contributed by atoms with Crippen LogP contribution >= 0.6 is 0 Å². The number of guanidine groups is 1. The first kappa shape index (κ1) is 18.1. The van der Waals surface area contributed by atoms with Crippen LogP contribution in [0.4, 0.5) is 14.5 Å². The molecule has 5 nitrogen and oxygen atoms in total. The molecule has 1 aliphatic carbocycles. The zero-order chi connectivity index (χ0) is 18.5. The first-order valence-electron chi connectivity index (χ1n) is 8.43. The van der Waals surface area contributed by atoms with Crippen LogP contribution < -0.4 is 15.8 Å². The van der Waals surface area contributed by atoms with Crippen molar-refractivity contribution in [1.82, 2.24) is 0 Å². The van der Waals surface area contributed by atoms with Gasteiger partial charge in [0.2, 0.25) is 0 Å². The van der Waals surface area contributed by atoms with E-state index in [0.29, 0.717) is 5.56 Å². The van der Waals surface area contributed by atoms with Crippen molar-refractivity contribution in [2.24, 2.45) is 10.7 Å². The number of nitrogens with one attached hydrogen (secondary N) is 1. The molecule has 0 aromatic heterocycles. The second-order valence-electron chi connectivity index (χ2n) is 6.15. The number of fused-ring (bicyclic) bond motifs is 1. The number of nitrogens with two attached hydrogens (primary N) is 1. The van der Waals surface area contributed by atoms with Crippen LogP contribution in [-0.2, 0) is 12.8 Å². The first-order valence-corrected chi connectivity index (χ1v) is 8.43. The van der Waals surface area contributed by atoms with Gasteiger partial charge in [0.25, 0.3) is 0 Å². The maximum Gasteiger partial charge on any atom is 0.387 e. The van der Waals surface area contributed by atoms with Gasteiger partial charge in [0.05, 0.1) is 12.6 Å². The highest BCUT2D eigenvalue weighted by Crippen LogP contribution is 2.25. The SMILES string of the molecule is NC(=NCC(O)c1cccc(OC(F)F)c1)Nc1ccc2c(c1)CCC2. The van der Waals surface area contributed by atoms with Gasteiger partial charge < -0.3 is 20.9 Å². The number of hydrogen-bond acceptors (Lipinski definition) is 3. The quantitative estimate of drug-likeness (QED) is 0.545. The van der Waals surface area contributed by atoms with Crippen LogP contribution in [0.3, 0.4) is 0 Å². The molecule has 0 heterocycles. The van der Waals surface area contributed by atoms with Crippen molar-refractivity contribution in [3.8, 4) is 5.75 Å². The minimum Gasteiger partial charge on any atom is -0.435 e. The Labute approximate surface area is 150 Å². The number of ether oxygens (including phenoxy) is 1. The average molecular weight is 361 g/mol. The molecule has 0 fully saturated rings. The molecule has 1 aliphatic rings. The van der Waals surface area contributed by atoms with Crippen LogP contribution in [0.5, 0.6) is 5.75 Å². The Morgan fingerprint density at radius 1 is 1.19 bits per heavy atom. The van der Waals surface area contributed by atoms with Crippen LogP contribution in [0, 0.1) is 0 Å². The van der Waals surface area contributed by atoms with Crippen molar-refractivity contribution in [2.75, 3.05) is 11.9 Å². The van der Waals surface area contributed by atoms with Gasteiger partial charge in [-0.05, 0) is 60.2 Å². The number of aliphatic imine (C=N–C) groups is 1. The average Bonchev–Trinajstić information content (AvgIpc) is 3.07. The summed E-state index contributed by atoms with van der Waals surface area (Å²) in [6.45, 7) is -2.91. The lowest BCUT2D eigenvalue weighted by Gasteiger charge is -2.12. The molecule has 1 unspecified atom stereocenters. The lowest BCUT2D eigenvalue weighted by Crippen LogP contribution is -2.23. The molecule has 0 saturated carbocycles. The van der Waals surface area contributed by atoms with Crippen molar-refractivity contribution in [2.45, 2.75) is 32.0 Å². The Kier molecular flexibility index (Phi) is 5.68. The Bertz CT molecular complexity index is 796. The van der Waals surface area contributed by atoms with Gasteiger partial charge in [0.15, 0.2) is 5.96 Å². The third-order valence-corrected chi connectivity index (χ3v) is 4.27. The van der Waals surface area contributed by atoms with Crippen LogP contribution in [0.15, 0.2) is 47.5 Å². The number of nitrogens with zero attached hydrogens (tertiary/aromatic N) is 1. The van der Waals surface area contributed by atoms with Crippen LogP contribution in [0.2, 0.25) is 0 Å². The van der Waals surface area contributed by atoms with E-state index in [0.717, 1.165) is 18.5 Å². The molecule has 1 atom stereocenters. The van der Waals surface area contributed by atoms with Gasteiger partial charge >= 0.3 is 6.61 Å². The summed E-state index contributed by atoms with van der Waals surface area (Å²) in [5.41, 5.74) is 9.85. The highest BCUT2D eigenvalue weighted by Gasteiger charge is 2.12. The highest BCUT2D eigenvalue weighted by atomic mass is 19.3. The molecule has 3 rings (SSSR count). The van der Waals surface area contributed by atoms with E-state index in [1.54, 1.807) is 6.07 Å². The number of anilines is 1. The predicted octanol–water partition coefficient (Wildman–Crippen LogP) is 3.24. The molecule has 0 bridgehead atoms. The molecule has 0 aliphatic heterocycles. The van der Waals surface area contributed by atoms with E-state index in [-0.39, 0.29) is 18.3 Å². The summed E-state index contributed by atoms with van der Waals surface area (Å²) in [7, 11) is 0. The van der Waals surface area contributed by atoms with E-state index < -0.39 is 12.7 Å². The Morgan fingerprint density at radius 2 is 2.00 bits per heavy atom. The van der Waals surface area contributed by atoms with E-state index >= 15 is 0 Å². The largest absolute Gasteiger partial charge is 0.435 e. The van der Waals surface area contributed by atoms with Crippen LogP contribution in [-0.4, -0.2) is 24.2 Å². The molecule has 26 heavy (non-hydrogen) atoms. The molecule has 0 amide bonds. The summed E-state index contributed by atoms with van der Waals surface area (Å²) in [6.07, 6.45) is 2.37. The fourth-order valence-corrected chi connectivity index (χ4v) is 3.03. The fourth-order valence-electron chi connectivity index (χ4n) is 3.03. The topological polar surface area (TPSA) is 79.9 Å². The summed E-state index contributed by atoms with van der Waals surface area (Å²) >= 11 is 0. The monoisotopic (exact) mass is 361 g/mol. The third-order valence-electron chi connectivity index (χ3n) is 4.27. The second-order valence-corrected chi connectivity index (χ2v) is 6.15. The lowest BCUT2D eigenvalue weighted by atomic mass is 10.1. The molecule has 0 saturated heterocycles. The predicted molar refractivity (Wildman–Crippen MR) is 96.6 cm³/mol. The number of halogens is 2. The maximum atomic E-state index is 12.3. The van der Waals surface area contributed by atoms with Gasteiger partial charge in [0.1, 0.15) is 5.75 Å². The summed E-state index contributed by atoms with van der Waals surface area (Å²) in [6, 6.07) is 12.0. The van der Waals surface area contributed by atoms with Crippen molar-refractivity contribution in [3.05, 3.63) is 59.2 Å². The maximum absolute atomic E-state index is 12.3. The smallest absolute Gasteiger partial charge is 0.387 e. The number of rotatable bonds is 6. The molecule has 2 aromatic rings. The molecule has 138 valence electrons. The third kappa shape index (κ3) is 4.70. The molecule has 7 heteroatoms. The lowest BCUT2D eigenvalue weighted by molar-refractivity contribution is -0.0499. The minimum atomic E-state index is -2.91. The highest BCUT2D eigenvalue weighted by molar-refractivity contribution is 5.92. The summed E-state index contributed by atoms with van der Waals surface area (Å²) in [4.78, 5) is 4.12. The Balaban J connectivity index is 1.59. The summed E-state index contributed by atoms with van der Waals surface area (Å²) in [5, 5.41) is 13.2. The van der Waals surface area contributed by atoms with Crippen molar-refractivity contribution < 1.29 is 18.6 Å². The molecular weight excluding hydrogens is 340 g/mol. The van der Waals surface area contributed by atoms with Crippen LogP contribution in [0.1, 0.15) is 29.2 Å². The summed E-state index contributed by atoms with van der Waals surface area (Å²) < 4.78 is 28.9. The van der Waals surface area contributed by atoms with Crippen molar-refractivity contribution >= 4 is 11.6 Å². The zero-order valence-corrected chi connectivity index (χ0v) is 14.2. The van der Waals surface area contributed by atoms with Gasteiger partial charge in [-0.2, -0.15) is 8.78 Å². The standard InChI is InChI=1S/C19H21F2N3O2/c20-18(21)26-16-6-2-5-14(10-16)17(25)11-23-19(22)24-15-8-7-12-3-1-4-13(12)9-15/h2,5-10,17-18,25H,1,3-4,11H2,(H3,22,23,24). The Morgan fingerprint density at radius 3 is 2.81 bits per heavy atom. The molecule has 0 spiro atoms. The zero-order valence-electron chi connectivity index (χ0n) is 14.2. The number of aliphatic hydroxyl groups excluding tert-OH is 1. The van der Waals surface area contributed by atoms with Gasteiger partial charge in [0, 0.05) is 5.69 Å². The van der Waals surface area contributed by atoms with Crippen molar-refractivity contribution in [1.29, 1.82) is 0 Å². The summed E-state index contributed by atoms with van der Waals surface area (Å²) in [5.74, 6) is 0.173. The van der Waals surface area contributed by atoms with E-state index in [4.69, 9.17) is 5.73 Å². The fraction of sp³-hybridized carbons (Fsp3) is 0.316. The Hall–Kier alpha value is -2.67. The number of benzene rings is 2. The van der Waals surface area contributed by atoms with E-state index in [1.165, 1.54) is 35.7 Å². The van der Waals surface area contributed by atoms with Gasteiger partial charge in [-0.25, -0.2) is 0 Å². The number of hydrogen-bond donors (Lipinski definition) is 3. The number of aliphatic hydroxyl groups is 1. The molecule has 4 N–H and O–H groups in total. The minimum absolute atomic E-state index is 0.00189. The van der Waals surface area contributed by atoms with E-state index in [1.807, 2.05) is 6.07 Å². The van der Waals surface area contributed by atoms with Crippen LogP contribution in [0.25, 0.3) is 0 Å². The van der Waals surface area contributed by atoms with E-state index in [2.05, 4.69) is 27.2 Å². The normalized spacial score (nSPS) is 15.0. The van der Waals surface area contributed by atoms with Gasteiger partial charge in [-0.1, -0.05) is 18.2 Å². The molecule has 2 aromatic carbocycles. The van der Waals surface area contributed by atoms with E-state index in [9.17, 15) is 13.9 Å². The van der Waals surface area contributed by atoms with Gasteiger partial charge in [-0.15, -0.1) is 0 Å². The number of aryl methyl sites for hydroxylation is 2. The second kappa shape index (κ2) is 8.14. The first-order chi connectivity index (χ1) is 12.5.